The Hall–Kier alpha value is -3.41. The average molecular weight is 395 g/mol. The van der Waals surface area contributed by atoms with Crippen molar-refractivity contribution < 1.29 is 22.8 Å². The van der Waals surface area contributed by atoms with E-state index >= 15 is 0 Å². The van der Waals surface area contributed by atoms with Crippen molar-refractivity contribution in [2.45, 2.75) is 12.6 Å². The van der Waals surface area contributed by atoms with E-state index in [9.17, 15) is 22.8 Å². The van der Waals surface area contributed by atoms with Gasteiger partial charge in [-0.05, 0) is 47.4 Å². The predicted octanol–water partition coefficient (Wildman–Crippen LogP) is 4.89. The molecule has 0 saturated heterocycles. The van der Waals surface area contributed by atoms with E-state index in [1.165, 1.54) is 12.1 Å². The molecule has 0 aliphatic heterocycles. The van der Waals surface area contributed by atoms with E-state index < -0.39 is 11.7 Å². The summed E-state index contributed by atoms with van der Waals surface area (Å²) in [6.45, 7) is 0.273. The number of halogens is 3. The molecule has 0 atom stereocenters. The van der Waals surface area contributed by atoms with Gasteiger partial charge in [-0.1, -0.05) is 42.5 Å². The van der Waals surface area contributed by atoms with Crippen molar-refractivity contribution in [2.24, 2.45) is 0 Å². The Kier molecular flexibility index (Phi) is 4.70. The van der Waals surface area contributed by atoms with Gasteiger partial charge in [0.1, 0.15) is 0 Å². The SMILES string of the molecule is O=C(NCCc1ccc(C(F)(F)F)cc1)c1ccc2c(c1)C(=O)c1ccccc1-2. The van der Waals surface area contributed by atoms with Crippen molar-refractivity contribution in [1.82, 2.24) is 5.32 Å². The number of carbonyl (C=O) groups is 2. The predicted molar refractivity (Wildman–Crippen MR) is 103 cm³/mol. The van der Waals surface area contributed by atoms with Crippen LogP contribution in [0.1, 0.15) is 37.4 Å². The van der Waals surface area contributed by atoms with Gasteiger partial charge in [-0.3, -0.25) is 9.59 Å². The van der Waals surface area contributed by atoms with Crippen molar-refractivity contribution in [2.75, 3.05) is 6.54 Å². The standard InChI is InChI=1S/C23H16F3NO2/c24-23(25,26)16-8-5-14(6-9-16)11-12-27-22(29)15-7-10-18-17-3-1-2-4-19(17)21(28)20(18)13-15/h1-10,13H,11-12H2,(H,27,29). The highest BCUT2D eigenvalue weighted by molar-refractivity contribution is 6.22. The summed E-state index contributed by atoms with van der Waals surface area (Å²) in [7, 11) is 0. The number of nitrogens with one attached hydrogen (secondary N) is 1. The monoisotopic (exact) mass is 395 g/mol. The summed E-state index contributed by atoms with van der Waals surface area (Å²) in [6.07, 6.45) is -3.96. The van der Waals surface area contributed by atoms with Crippen LogP contribution in [0.25, 0.3) is 11.1 Å². The van der Waals surface area contributed by atoms with E-state index in [0.29, 0.717) is 28.7 Å². The third-order valence-corrected chi connectivity index (χ3v) is 4.97. The lowest BCUT2D eigenvalue weighted by molar-refractivity contribution is -0.137. The summed E-state index contributed by atoms with van der Waals surface area (Å²) in [5.41, 5.74) is 3.17. The number of ketones is 1. The smallest absolute Gasteiger partial charge is 0.352 e. The maximum atomic E-state index is 12.6. The number of carbonyl (C=O) groups excluding carboxylic acids is 2. The molecule has 0 radical (unpaired) electrons. The van der Waals surface area contributed by atoms with E-state index in [4.69, 9.17) is 0 Å². The van der Waals surface area contributed by atoms with Crippen molar-refractivity contribution in [3.63, 3.8) is 0 Å². The molecule has 3 aromatic rings. The number of rotatable bonds is 4. The van der Waals surface area contributed by atoms with Gasteiger partial charge in [-0.2, -0.15) is 13.2 Å². The second kappa shape index (κ2) is 7.20. The minimum Gasteiger partial charge on any atom is -0.352 e. The number of benzene rings is 3. The molecule has 0 fully saturated rings. The fourth-order valence-electron chi connectivity index (χ4n) is 3.45. The molecular weight excluding hydrogens is 379 g/mol. The quantitative estimate of drug-likeness (QED) is 0.535. The zero-order chi connectivity index (χ0) is 20.6. The third kappa shape index (κ3) is 3.66. The Morgan fingerprint density at radius 3 is 2.17 bits per heavy atom. The molecular formula is C23H16F3NO2. The average Bonchev–Trinajstić information content (AvgIpc) is 3.00. The molecule has 0 aromatic heterocycles. The molecule has 3 nitrogen and oxygen atoms in total. The van der Waals surface area contributed by atoms with Gasteiger partial charge < -0.3 is 5.32 Å². The van der Waals surface area contributed by atoms with Crippen LogP contribution in [0, 0.1) is 0 Å². The van der Waals surface area contributed by atoms with E-state index in [0.717, 1.165) is 23.3 Å². The van der Waals surface area contributed by atoms with Crippen LogP contribution < -0.4 is 5.32 Å². The summed E-state index contributed by atoms with van der Waals surface area (Å²) >= 11 is 0. The molecule has 29 heavy (non-hydrogen) atoms. The highest BCUT2D eigenvalue weighted by atomic mass is 19.4. The lowest BCUT2D eigenvalue weighted by Crippen LogP contribution is -2.25. The van der Waals surface area contributed by atoms with Crippen LogP contribution in [0.4, 0.5) is 13.2 Å². The van der Waals surface area contributed by atoms with Crippen molar-refractivity contribution in [1.29, 1.82) is 0 Å². The first kappa shape index (κ1) is 18.9. The van der Waals surface area contributed by atoms with Gasteiger partial charge in [0, 0.05) is 23.2 Å². The summed E-state index contributed by atoms with van der Waals surface area (Å²) < 4.78 is 37.8. The minimum atomic E-state index is -4.36. The van der Waals surface area contributed by atoms with Crippen LogP contribution in [0.2, 0.25) is 0 Å². The van der Waals surface area contributed by atoms with Crippen LogP contribution in [0.15, 0.2) is 66.7 Å². The van der Waals surface area contributed by atoms with Gasteiger partial charge in [0.15, 0.2) is 5.78 Å². The topological polar surface area (TPSA) is 46.2 Å². The van der Waals surface area contributed by atoms with Gasteiger partial charge in [-0.15, -0.1) is 0 Å². The third-order valence-electron chi connectivity index (χ3n) is 4.97. The van der Waals surface area contributed by atoms with Crippen LogP contribution in [-0.4, -0.2) is 18.2 Å². The number of hydrogen-bond acceptors (Lipinski definition) is 2. The molecule has 0 unspecified atom stereocenters. The van der Waals surface area contributed by atoms with Gasteiger partial charge in [-0.25, -0.2) is 0 Å². The zero-order valence-corrected chi connectivity index (χ0v) is 15.2. The molecule has 1 amide bonds. The molecule has 1 N–H and O–H groups in total. The summed E-state index contributed by atoms with van der Waals surface area (Å²) in [5, 5.41) is 2.75. The Labute approximate surface area is 165 Å². The second-order valence-corrected chi connectivity index (χ2v) is 6.84. The van der Waals surface area contributed by atoms with Gasteiger partial charge in [0.2, 0.25) is 0 Å². The van der Waals surface area contributed by atoms with Crippen molar-refractivity contribution in [3.8, 4) is 11.1 Å². The van der Waals surface area contributed by atoms with Crippen molar-refractivity contribution >= 4 is 11.7 Å². The molecule has 1 aliphatic rings. The number of fused-ring (bicyclic) bond motifs is 3. The first-order valence-electron chi connectivity index (χ1n) is 9.07. The highest BCUT2D eigenvalue weighted by Gasteiger charge is 2.30. The molecule has 0 heterocycles. The molecule has 0 bridgehead atoms. The lowest BCUT2D eigenvalue weighted by atomic mass is 10.0. The largest absolute Gasteiger partial charge is 0.416 e. The maximum Gasteiger partial charge on any atom is 0.416 e. The first-order chi connectivity index (χ1) is 13.8. The van der Waals surface area contributed by atoms with E-state index in [-0.39, 0.29) is 18.2 Å². The van der Waals surface area contributed by atoms with Crippen LogP contribution in [0.3, 0.4) is 0 Å². The maximum absolute atomic E-state index is 12.6. The zero-order valence-electron chi connectivity index (χ0n) is 15.2. The summed E-state index contributed by atoms with van der Waals surface area (Å²) in [6, 6.07) is 17.2. The molecule has 0 saturated carbocycles. The van der Waals surface area contributed by atoms with Crippen molar-refractivity contribution in [3.05, 3.63) is 94.5 Å². The van der Waals surface area contributed by atoms with E-state index in [2.05, 4.69) is 5.32 Å². The minimum absolute atomic E-state index is 0.102. The van der Waals surface area contributed by atoms with Gasteiger partial charge >= 0.3 is 6.18 Å². The fraction of sp³-hybridized carbons (Fsp3) is 0.130. The van der Waals surface area contributed by atoms with Gasteiger partial charge in [0.05, 0.1) is 5.56 Å². The second-order valence-electron chi connectivity index (χ2n) is 6.84. The first-order valence-corrected chi connectivity index (χ1v) is 9.07. The number of alkyl halides is 3. The number of amides is 1. The van der Waals surface area contributed by atoms with E-state index in [1.54, 1.807) is 30.3 Å². The van der Waals surface area contributed by atoms with Crippen LogP contribution in [-0.2, 0) is 12.6 Å². The Balaban J connectivity index is 1.41. The normalized spacial score (nSPS) is 12.4. The van der Waals surface area contributed by atoms with Crippen LogP contribution >= 0.6 is 0 Å². The van der Waals surface area contributed by atoms with E-state index in [1.807, 2.05) is 12.1 Å². The Bertz CT molecular complexity index is 1100. The summed E-state index contributed by atoms with van der Waals surface area (Å²) in [5.74, 6) is -0.432. The summed E-state index contributed by atoms with van der Waals surface area (Å²) in [4.78, 5) is 25.0. The molecule has 6 heteroatoms. The van der Waals surface area contributed by atoms with Crippen LogP contribution in [0.5, 0.6) is 0 Å². The number of hydrogen-bond donors (Lipinski definition) is 1. The Morgan fingerprint density at radius 1 is 0.828 bits per heavy atom. The lowest BCUT2D eigenvalue weighted by Gasteiger charge is -2.09. The van der Waals surface area contributed by atoms with Gasteiger partial charge in [0.25, 0.3) is 5.91 Å². The molecule has 146 valence electrons. The highest BCUT2D eigenvalue weighted by Crippen LogP contribution is 2.36. The molecule has 1 aliphatic carbocycles. The molecule has 0 spiro atoms. The fourth-order valence-corrected chi connectivity index (χ4v) is 3.45. The molecule has 4 rings (SSSR count). The molecule has 3 aromatic carbocycles. The Morgan fingerprint density at radius 2 is 1.48 bits per heavy atom.